The lowest BCUT2D eigenvalue weighted by atomic mass is 9.95. The largest absolute Gasteiger partial charge is 0.492 e. The summed E-state index contributed by atoms with van der Waals surface area (Å²) in [7, 11) is 0. The summed E-state index contributed by atoms with van der Waals surface area (Å²) in [6, 6.07) is 1.79. The lowest BCUT2D eigenvalue weighted by molar-refractivity contribution is -0.114. The Bertz CT molecular complexity index is 791. The number of ketones is 1. The van der Waals surface area contributed by atoms with Crippen LogP contribution >= 0.6 is 0 Å². The van der Waals surface area contributed by atoms with Crippen molar-refractivity contribution in [1.82, 2.24) is 9.61 Å². The van der Waals surface area contributed by atoms with Crippen LogP contribution in [0.5, 0.6) is 5.75 Å². The molecule has 1 amide bonds. The lowest BCUT2D eigenvalue weighted by Crippen LogP contribution is -2.24. The monoisotopic (exact) mass is 331 g/mol. The molecule has 0 saturated carbocycles. The second kappa shape index (κ2) is 7.03. The number of fused-ring (bicyclic) bond motifs is 1. The summed E-state index contributed by atoms with van der Waals surface area (Å²) >= 11 is 0. The van der Waals surface area contributed by atoms with Crippen molar-refractivity contribution in [1.29, 1.82) is 0 Å². The van der Waals surface area contributed by atoms with Crippen molar-refractivity contribution in [3.8, 4) is 5.75 Å². The van der Waals surface area contributed by atoms with Gasteiger partial charge in [-0.1, -0.05) is 20.8 Å². The molecule has 6 heteroatoms. The van der Waals surface area contributed by atoms with Gasteiger partial charge < -0.3 is 10.5 Å². The molecule has 0 unspecified atom stereocenters. The van der Waals surface area contributed by atoms with Crippen molar-refractivity contribution in [2.45, 2.75) is 47.5 Å². The number of rotatable bonds is 7. The molecule has 0 spiro atoms. The molecular weight excluding hydrogens is 306 g/mol. The molecule has 2 aromatic rings. The van der Waals surface area contributed by atoms with E-state index in [9.17, 15) is 9.59 Å². The van der Waals surface area contributed by atoms with E-state index < -0.39 is 11.7 Å². The van der Waals surface area contributed by atoms with Crippen molar-refractivity contribution in [2.24, 2.45) is 11.7 Å². The number of hydrogen-bond acceptors (Lipinski definition) is 4. The van der Waals surface area contributed by atoms with Gasteiger partial charge in [-0.15, -0.1) is 0 Å². The number of hydrogen-bond donors (Lipinski definition) is 1. The van der Waals surface area contributed by atoms with Crippen LogP contribution in [-0.4, -0.2) is 27.9 Å². The standard InChI is InChI=1S/C18H25N3O3/c1-6-13-12(8-10(3)4)15(17(22)18(19)23)16-14(24-7-2)9-11(5)20-21(13)16/h9-10H,6-8H2,1-5H3,(H2,19,23). The predicted molar refractivity (Wildman–Crippen MR) is 92.5 cm³/mol. The van der Waals surface area contributed by atoms with E-state index in [-0.39, 0.29) is 0 Å². The number of carbonyl (C=O) groups is 2. The fourth-order valence-electron chi connectivity index (χ4n) is 3.06. The van der Waals surface area contributed by atoms with Gasteiger partial charge >= 0.3 is 0 Å². The fourth-order valence-corrected chi connectivity index (χ4v) is 3.06. The number of carbonyl (C=O) groups excluding carboxylic acids is 2. The number of aromatic nitrogens is 2. The van der Waals surface area contributed by atoms with Crippen LogP contribution in [0.15, 0.2) is 6.07 Å². The normalized spacial score (nSPS) is 11.2. The molecule has 2 aromatic heterocycles. The van der Waals surface area contributed by atoms with Crippen LogP contribution in [0.2, 0.25) is 0 Å². The zero-order chi connectivity index (χ0) is 18.0. The molecule has 0 bridgehead atoms. The minimum Gasteiger partial charge on any atom is -0.492 e. The van der Waals surface area contributed by atoms with Crippen LogP contribution in [0.25, 0.3) is 5.52 Å². The molecule has 24 heavy (non-hydrogen) atoms. The second-order valence-electron chi connectivity index (χ2n) is 6.29. The smallest absolute Gasteiger partial charge is 0.289 e. The van der Waals surface area contributed by atoms with E-state index in [4.69, 9.17) is 10.5 Å². The van der Waals surface area contributed by atoms with E-state index in [2.05, 4.69) is 18.9 Å². The molecule has 130 valence electrons. The Hall–Kier alpha value is -2.37. The molecule has 0 aromatic carbocycles. The second-order valence-corrected chi connectivity index (χ2v) is 6.29. The first-order valence-corrected chi connectivity index (χ1v) is 8.32. The van der Waals surface area contributed by atoms with E-state index in [1.807, 2.05) is 20.8 Å². The Morgan fingerprint density at radius 1 is 1.33 bits per heavy atom. The summed E-state index contributed by atoms with van der Waals surface area (Å²) in [5.41, 5.74) is 8.73. The SMILES string of the molecule is CCOc1cc(C)nn2c(CC)c(CC(C)C)c(C(=O)C(N)=O)c12. The van der Waals surface area contributed by atoms with Gasteiger partial charge in [-0.25, -0.2) is 4.52 Å². The highest BCUT2D eigenvalue weighted by molar-refractivity contribution is 6.44. The zero-order valence-corrected chi connectivity index (χ0v) is 15.0. The lowest BCUT2D eigenvalue weighted by Gasteiger charge is -2.09. The van der Waals surface area contributed by atoms with Crippen LogP contribution in [0, 0.1) is 12.8 Å². The summed E-state index contributed by atoms with van der Waals surface area (Å²) < 4.78 is 7.47. The molecule has 6 nitrogen and oxygen atoms in total. The number of nitrogens with zero attached hydrogens (tertiary/aromatic N) is 2. The highest BCUT2D eigenvalue weighted by Gasteiger charge is 2.29. The van der Waals surface area contributed by atoms with E-state index in [0.717, 1.165) is 17.0 Å². The van der Waals surface area contributed by atoms with Gasteiger partial charge in [0.15, 0.2) is 0 Å². The molecular formula is C18H25N3O3. The Labute approximate surface area is 142 Å². The van der Waals surface area contributed by atoms with Gasteiger partial charge in [-0.2, -0.15) is 5.10 Å². The van der Waals surface area contributed by atoms with E-state index in [1.54, 1.807) is 10.6 Å². The first-order chi connectivity index (χ1) is 11.3. The first-order valence-electron chi connectivity index (χ1n) is 8.32. The third kappa shape index (κ3) is 3.13. The number of amides is 1. The maximum atomic E-state index is 12.6. The molecule has 2 heterocycles. The average Bonchev–Trinajstić information content (AvgIpc) is 2.78. The third-order valence-corrected chi connectivity index (χ3v) is 3.88. The van der Waals surface area contributed by atoms with E-state index >= 15 is 0 Å². The summed E-state index contributed by atoms with van der Waals surface area (Å²) in [6.45, 7) is 10.4. The van der Waals surface area contributed by atoms with Crippen LogP contribution in [0.4, 0.5) is 0 Å². The Kier molecular flexibility index (Phi) is 5.26. The molecule has 0 saturated heterocycles. The molecule has 2 N–H and O–H groups in total. The average molecular weight is 331 g/mol. The van der Waals surface area contributed by atoms with Crippen LogP contribution in [0.1, 0.15) is 55.0 Å². The molecule has 2 rings (SSSR count). The van der Waals surface area contributed by atoms with Crippen molar-refractivity contribution in [2.75, 3.05) is 6.61 Å². The minimum absolute atomic E-state index is 0.323. The highest BCUT2D eigenvalue weighted by Crippen LogP contribution is 2.33. The predicted octanol–water partition coefficient (Wildman–Crippen LogP) is 2.47. The van der Waals surface area contributed by atoms with Crippen molar-refractivity contribution < 1.29 is 14.3 Å². The summed E-state index contributed by atoms with van der Waals surface area (Å²) in [5.74, 6) is -0.768. The number of Topliss-reactive ketones (excluding diaryl/α,β-unsaturated/α-hetero) is 1. The van der Waals surface area contributed by atoms with E-state index in [0.29, 0.717) is 42.2 Å². The molecule has 0 radical (unpaired) electrons. The van der Waals surface area contributed by atoms with Crippen molar-refractivity contribution in [3.05, 3.63) is 28.6 Å². The van der Waals surface area contributed by atoms with Crippen LogP contribution in [0.3, 0.4) is 0 Å². The van der Waals surface area contributed by atoms with Crippen LogP contribution < -0.4 is 10.5 Å². The van der Waals surface area contributed by atoms with Crippen molar-refractivity contribution >= 4 is 17.2 Å². The maximum absolute atomic E-state index is 12.6. The van der Waals surface area contributed by atoms with Gasteiger partial charge in [0, 0.05) is 11.8 Å². The highest BCUT2D eigenvalue weighted by atomic mass is 16.5. The minimum atomic E-state index is -0.960. The van der Waals surface area contributed by atoms with Gasteiger partial charge in [-0.05, 0) is 38.2 Å². The van der Waals surface area contributed by atoms with Gasteiger partial charge in [0.25, 0.3) is 11.7 Å². The van der Waals surface area contributed by atoms with Gasteiger partial charge in [-0.3, -0.25) is 9.59 Å². The number of aryl methyl sites for hydroxylation is 2. The molecule has 0 fully saturated rings. The third-order valence-electron chi connectivity index (χ3n) is 3.88. The Morgan fingerprint density at radius 3 is 2.50 bits per heavy atom. The number of primary amides is 1. The van der Waals surface area contributed by atoms with Crippen molar-refractivity contribution in [3.63, 3.8) is 0 Å². The van der Waals surface area contributed by atoms with Gasteiger partial charge in [0.05, 0.1) is 17.9 Å². The number of nitrogens with two attached hydrogens (primary N) is 1. The quantitative estimate of drug-likeness (QED) is 0.624. The summed E-state index contributed by atoms with van der Waals surface area (Å²) in [4.78, 5) is 24.2. The molecule has 0 aliphatic rings. The number of ether oxygens (including phenoxy) is 1. The Balaban J connectivity index is 2.95. The molecule has 0 aliphatic carbocycles. The summed E-state index contributed by atoms with van der Waals surface area (Å²) in [5, 5.41) is 4.55. The zero-order valence-electron chi connectivity index (χ0n) is 15.0. The van der Waals surface area contributed by atoms with E-state index in [1.165, 1.54) is 0 Å². The first kappa shape index (κ1) is 18.0. The Morgan fingerprint density at radius 2 is 2.00 bits per heavy atom. The van der Waals surface area contributed by atoms with Crippen LogP contribution in [-0.2, 0) is 17.6 Å². The molecule has 0 atom stereocenters. The summed E-state index contributed by atoms with van der Waals surface area (Å²) in [6.07, 6.45) is 1.36. The molecule has 0 aliphatic heterocycles. The fraction of sp³-hybridized carbons (Fsp3) is 0.500. The maximum Gasteiger partial charge on any atom is 0.289 e. The van der Waals surface area contributed by atoms with Gasteiger partial charge in [0.1, 0.15) is 11.3 Å². The van der Waals surface area contributed by atoms with Gasteiger partial charge in [0.2, 0.25) is 0 Å². The topological polar surface area (TPSA) is 86.7 Å².